The van der Waals surface area contributed by atoms with Crippen LogP contribution in [0.5, 0.6) is 11.5 Å². The molecule has 1 aromatic heterocycles. The Morgan fingerprint density at radius 3 is 2.46 bits per heavy atom. The molecule has 0 N–H and O–H groups in total. The van der Waals surface area contributed by atoms with Crippen molar-refractivity contribution in [3.63, 3.8) is 0 Å². The normalized spacial score (nSPS) is 16.7. The molecule has 1 unspecified atom stereocenters. The van der Waals surface area contributed by atoms with E-state index in [0.29, 0.717) is 51.7 Å². The first-order valence-corrected chi connectivity index (χ1v) is 12.5. The van der Waals surface area contributed by atoms with Crippen LogP contribution in [0.25, 0.3) is 5.69 Å². The van der Waals surface area contributed by atoms with E-state index in [1.807, 2.05) is 24.5 Å². The topological polar surface area (TPSA) is 87.1 Å². The number of halogens is 2. The van der Waals surface area contributed by atoms with Gasteiger partial charge in [0.2, 0.25) is 11.7 Å². The third-order valence-electron chi connectivity index (χ3n) is 6.53. The second kappa shape index (κ2) is 10.1. The Labute approximate surface area is 223 Å². The van der Waals surface area contributed by atoms with E-state index in [1.54, 1.807) is 36.4 Å². The number of hydrogen-bond donors (Lipinski definition) is 0. The Balaban J connectivity index is 1.24. The lowest BCUT2D eigenvalue weighted by Crippen LogP contribution is -2.27. The molecule has 8 nitrogen and oxygen atoms in total. The molecular weight excluding hydrogens is 519 g/mol. The first-order chi connectivity index (χ1) is 17.7. The number of ether oxygens (including phenoxy) is 3. The van der Waals surface area contributed by atoms with Crippen LogP contribution in [0.3, 0.4) is 0 Å². The Bertz CT molecular complexity index is 1420. The van der Waals surface area contributed by atoms with Gasteiger partial charge in [0, 0.05) is 47.4 Å². The number of esters is 1. The van der Waals surface area contributed by atoms with Gasteiger partial charge in [-0.2, -0.15) is 0 Å². The zero-order valence-corrected chi connectivity index (χ0v) is 21.8. The average molecular weight is 543 g/mol. The van der Waals surface area contributed by atoms with Crippen LogP contribution >= 0.6 is 23.2 Å². The van der Waals surface area contributed by atoms with Crippen molar-refractivity contribution in [1.29, 1.82) is 0 Å². The summed E-state index contributed by atoms with van der Waals surface area (Å²) in [5, 5.41) is 0.846. The smallest absolute Gasteiger partial charge is 0.311 e. The lowest BCUT2D eigenvalue weighted by Gasteiger charge is -2.22. The Morgan fingerprint density at radius 1 is 0.973 bits per heavy atom. The van der Waals surface area contributed by atoms with E-state index in [9.17, 15) is 14.4 Å². The summed E-state index contributed by atoms with van der Waals surface area (Å²) in [7, 11) is 0. The van der Waals surface area contributed by atoms with Gasteiger partial charge in [0.15, 0.2) is 18.1 Å². The number of carbonyl (C=O) groups is 3. The van der Waals surface area contributed by atoms with Crippen LogP contribution in [-0.2, 0) is 14.3 Å². The van der Waals surface area contributed by atoms with Crippen molar-refractivity contribution in [1.82, 2.24) is 4.57 Å². The summed E-state index contributed by atoms with van der Waals surface area (Å²) < 4.78 is 18.4. The molecule has 3 heterocycles. The zero-order chi connectivity index (χ0) is 26.3. The minimum Gasteiger partial charge on any atom is -0.486 e. The predicted molar refractivity (Wildman–Crippen MR) is 138 cm³/mol. The Hall–Kier alpha value is -3.49. The monoisotopic (exact) mass is 542 g/mol. The summed E-state index contributed by atoms with van der Waals surface area (Å²) in [6, 6.07) is 12.2. The van der Waals surface area contributed by atoms with E-state index in [-0.39, 0.29) is 24.7 Å². The van der Waals surface area contributed by atoms with Crippen LogP contribution < -0.4 is 14.4 Å². The Morgan fingerprint density at radius 2 is 1.70 bits per heavy atom. The SMILES string of the molecule is Cc1cc(C(=O)COC(=O)C2CC(=O)N(c3ccc4c(c3)OCCO4)C2)c(C)n1-c1ccc(Cl)c(Cl)c1. The maximum atomic E-state index is 12.9. The molecule has 0 spiro atoms. The third-order valence-corrected chi connectivity index (χ3v) is 7.27. The molecule has 0 saturated carbocycles. The van der Waals surface area contributed by atoms with E-state index < -0.39 is 18.5 Å². The van der Waals surface area contributed by atoms with Gasteiger partial charge in [0.05, 0.1) is 16.0 Å². The second-order valence-corrected chi connectivity index (χ2v) is 9.80. The highest BCUT2D eigenvalue weighted by Gasteiger charge is 2.37. The molecule has 37 heavy (non-hydrogen) atoms. The van der Waals surface area contributed by atoms with Gasteiger partial charge in [0.25, 0.3) is 0 Å². The van der Waals surface area contributed by atoms with Crippen molar-refractivity contribution in [2.24, 2.45) is 5.92 Å². The number of anilines is 1. The van der Waals surface area contributed by atoms with E-state index in [2.05, 4.69) is 0 Å². The number of Topliss-reactive ketones (excluding diaryl/α,β-unsaturated/α-hetero) is 1. The van der Waals surface area contributed by atoms with E-state index in [0.717, 1.165) is 11.4 Å². The molecule has 5 rings (SSSR count). The van der Waals surface area contributed by atoms with Gasteiger partial charge in [-0.3, -0.25) is 14.4 Å². The fourth-order valence-corrected chi connectivity index (χ4v) is 5.01. The predicted octanol–water partition coefficient (Wildman–Crippen LogP) is 4.95. The minimum atomic E-state index is -0.669. The van der Waals surface area contributed by atoms with E-state index >= 15 is 0 Å². The van der Waals surface area contributed by atoms with Gasteiger partial charge in [0.1, 0.15) is 13.2 Å². The van der Waals surface area contributed by atoms with Crippen molar-refractivity contribution in [3.8, 4) is 17.2 Å². The summed E-state index contributed by atoms with van der Waals surface area (Å²) in [5.41, 5.74) is 3.34. The quantitative estimate of drug-likeness (QED) is 0.323. The van der Waals surface area contributed by atoms with Gasteiger partial charge < -0.3 is 23.7 Å². The standard InChI is InChI=1S/C27H24Cl2N2O6/c1-15-9-20(16(2)31(15)19-3-5-21(28)22(29)11-19)23(32)14-37-27(34)17-10-26(33)30(13-17)18-4-6-24-25(12-18)36-8-7-35-24/h3-6,9,11-12,17H,7-8,10,13-14H2,1-2H3. The molecule has 2 aliphatic heterocycles. The van der Waals surface area contributed by atoms with Crippen LogP contribution in [0, 0.1) is 19.8 Å². The molecule has 192 valence electrons. The third kappa shape index (κ3) is 4.91. The molecule has 0 aliphatic carbocycles. The van der Waals surface area contributed by atoms with Crippen LogP contribution in [-0.4, -0.2) is 48.6 Å². The van der Waals surface area contributed by atoms with Crippen molar-refractivity contribution < 1.29 is 28.6 Å². The highest BCUT2D eigenvalue weighted by Crippen LogP contribution is 2.36. The summed E-state index contributed by atoms with van der Waals surface area (Å²) >= 11 is 12.2. The lowest BCUT2D eigenvalue weighted by molar-refractivity contribution is -0.147. The first kappa shape index (κ1) is 25.2. The van der Waals surface area contributed by atoms with Crippen molar-refractivity contribution in [2.45, 2.75) is 20.3 Å². The number of amides is 1. The maximum absolute atomic E-state index is 12.9. The van der Waals surface area contributed by atoms with Crippen LogP contribution in [0.15, 0.2) is 42.5 Å². The maximum Gasteiger partial charge on any atom is 0.311 e. The van der Waals surface area contributed by atoms with Crippen molar-refractivity contribution in [3.05, 3.63) is 69.5 Å². The first-order valence-electron chi connectivity index (χ1n) is 11.8. The van der Waals surface area contributed by atoms with Gasteiger partial charge in [-0.15, -0.1) is 0 Å². The summed E-state index contributed by atoms with van der Waals surface area (Å²) in [4.78, 5) is 39.9. The van der Waals surface area contributed by atoms with E-state index in [4.69, 9.17) is 37.4 Å². The number of nitrogens with zero attached hydrogens (tertiary/aromatic N) is 2. The minimum absolute atomic E-state index is 0.00725. The van der Waals surface area contributed by atoms with Crippen molar-refractivity contribution in [2.75, 3.05) is 31.3 Å². The Kier molecular flexibility index (Phi) is 6.88. The molecule has 0 radical (unpaired) electrons. The number of aryl methyl sites for hydroxylation is 1. The molecule has 2 aliphatic rings. The molecule has 1 saturated heterocycles. The largest absolute Gasteiger partial charge is 0.486 e. The van der Waals surface area contributed by atoms with Crippen LogP contribution in [0.2, 0.25) is 10.0 Å². The number of aromatic nitrogens is 1. The fraction of sp³-hybridized carbons (Fsp3) is 0.296. The molecule has 3 aromatic rings. The van der Waals surface area contributed by atoms with Gasteiger partial charge in [-0.1, -0.05) is 23.2 Å². The van der Waals surface area contributed by atoms with Gasteiger partial charge in [-0.05, 0) is 50.2 Å². The highest BCUT2D eigenvalue weighted by atomic mass is 35.5. The van der Waals surface area contributed by atoms with Crippen LogP contribution in [0.4, 0.5) is 5.69 Å². The molecule has 1 amide bonds. The number of hydrogen-bond acceptors (Lipinski definition) is 6. The van der Waals surface area contributed by atoms with Gasteiger partial charge in [-0.25, -0.2) is 0 Å². The van der Waals surface area contributed by atoms with Crippen LogP contribution in [0.1, 0.15) is 28.2 Å². The summed E-state index contributed by atoms with van der Waals surface area (Å²) in [6.45, 7) is 4.33. The number of rotatable bonds is 6. The number of benzene rings is 2. The summed E-state index contributed by atoms with van der Waals surface area (Å²) in [5.74, 6) is -0.602. The number of ketones is 1. The van der Waals surface area contributed by atoms with Gasteiger partial charge >= 0.3 is 5.97 Å². The zero-order valence-electron chi connectivity index (χ0n) is 20.3. The molecule has 1 atom stereocenters. The summed E-state index contributed by atoms with van der Waals surface area (Å²) in [6.07, 6.45) is 0.00725. The van der Waals surface area contributed by atoms with Crippen molar-refractivity contribution >= 4 is 46.5 Å². The van der Waals surface area contributed by atoms with E-state index in [1.165, 1.54) is 4.90 Å². The lowest BCUT2D eigenvalue weighted by atomic mass is 10.1. The molecular formula is C27H24Cl2N2O6. The molecule has 10 heteroatoms. The molecule has 2 aromatic carbocycles. The second-order valence-electron chi connectivity index (χ2n) is 8.98. The highest BCUT2D eigenvalue weighted by molar-refractivity contribution is 6.42. The molecule has 0 bridgehead atoms. The fourth-order valence-electron chi connectivity index (χ4n) is 4.71. The molecule has 1 fully saturated rings. The number of carbonyl (C=O) groups excluding carboxylic acids is 3. The number of fused-ring (bicyclic) bond motifs is 1. The average Bonchev–Trinajstić information content (AvgIpc) is 3.42.